The van der Waals surface area contributed by atoms with Crippen molar-refractivity contribution in [2.45, 2.75) is 0 Å². The number of rotatable bonds is 0. The van der Waals surface area contributed by atoms with Crippen LogP contribution in [0, 0.1) is 0 Å². The molecule has 0 spiro atoms. The Balaban J connectivity index is -0.0000000364. The Hall–Kier alpha value is 0.397. The summed E-state index contributed by atoms with van der Waals surface area (Å²) in [4.78, 5) is 0. The fourth-order valence-corrected chi connectivity index (χ4v) is 0. The van der Waals surface area contributed by atoms with Gasteiger partial charge in [0, 0.05) is 0 Å². The van der Waals surface area contributed by atoms with Crippen molar-refractivity contribution in [3.05, 3.63) is 0 Å². The SMILES string of the molecule is [H-].[Na+].[O]=[Mn](=[O])(=[O])[OH].[O]=[Mn](=[O])(=[O])[OH].[O]=[Mn](=[O])(=[O])[OH].[O]=[Mn](=[O])(=[O])[OH].[O]=[Mn](=[O])(=[O])[OH]. The zero-order valence-corrected chi connectivity index (χ0v) is 19.2. The summed E-state index contributed by atoms with van der Waals surface area (Å²) in [5.74, 6) is 0. The minimum absolute atomic E-state index is 0. The molecule has 0 saturated carbocycles. The molecule has 0 heterocycles. The van der Waals surface area contributed by atoms with Crippen LogP contribution in [0.15, 0.2) is 0 Å². The fraction of sp³-hybridized carbons (Fsp3) is 0. The van der Waals surface area contributed by atoms with Gasteiger partial charge in [-0.05, 0) is 0 Å². The van der Waals surface area contributed by atoms with E-state index in [-0.39, 0.29) is 31.0 Å². The summed E-state index contributed by atoms with van der Waals surface area (Å²) < 4.78 is 165. The van der Waals surface area contributed by atoms with Crippen molar-refractivity contribution in [3.63, 3.8) is 0 Å². The standard InChI is InChI=1S/5Mn.Na.5H2O.15O.H/h;;;;;;5*1H2;;;;;;;;;;;;;;;;/q6*+1;;;;;;;;;;;;;;;;;;;;;-1/p-5. The molecule has 0 amide bonds. The topological polar surface area (TPSA) is 357 Å². The van der Waals surface area contributed by atoms with Crippen LogP contribution in [0.2, 0.25) is 0 Å². The monoisotopic (exact) mass is 624 g/mol. The van der Waals surface area contributed by atoms with Gasteiger partial charge in [0.15, 0.2) is 0 Å². The van der Waals surface area contributed by atoms with Crippen LogP contribution in [0.1, 0.15) is 1.43 Å². The maximum absolute atomic E-state index is 8.69. The summed E-state index contributed by atoms with van der Waals surface area (Å²) in [5.41, 5.74) is 0. The van der Waals surface area contributed by atoms with Crippen LogP contribution < -0.4 is 29.6 Å². The Morgan fingerprint density at radius 2 is 0.308 bits per heavy atom. The van der Waals surface area contributed by atoms with E-state index in [1.165, 1.54) is 0 Å². The molecule has 0 aromatic rings. The molecule has 0 unspecified atom stereocenters. The molecule has 0 aromatic carbocycles. The molecule has 0 saturated heterocycles. The fourth-order valence-electron chi connectivity index (χ4n) is 0. The summed E-state index contributed by atoms with van der Waals surface area (Å²) in [6.07, 6.45) is 0. The van der Waals surface area contributed by atoms with E-state index >= 15 is 0 Å². The van der Waals surface area contributed by atoms with E-state index in [4.69, 9.17) is 78.5 Å². The van der Waals surface area contributed by atoms with Crippen LogP contribution in [0.5, 0.6) is 0 Å². The second kappa shape index (κ2) is 16.4. The van der Waals surface area contributed by atoms with Gasteiger partial charge in [-0.1, -0.05) is 0 Å². The van der Waals surface area contributed by atoms with Gasteiger partial charge in [-0.3, -0.25) is 0 Å². The first-order valence-corrected chi connectivity index (χ1v) is 13.0. The van der Waals surface area contributed by atoms with Gasteiger partial charge in [0.25, 0.3) is 0 Å². The molecule has 0 radical (unpaired) electrons. The van der Waals surface area contributed by atoms with Gasteiger partial charge in [-0.2, -0.15) is 0 Å². The van der Waals surface area contributed by atoms with Gasteiger partial charge in [0.05, 0.1) is 0 Å². The van der Waals surface area contributed by atoms with Crippen LogP contribution in [0.25, 0.3) is 0 Å². The Bertz CT molecular complexity index is 880. The predicted molar refractivity (Wildman–Crippen MR) is 22.5 cm³/mol. The van der Waals surface area contributed by atoms with Gasteiger partial charge >= 0.3 is 173 Å². The Morgan fingerprint density at radius 3 is 0.308 bits per heavy atom. The molecule has 162 valence electrons. The third kappa shape index (κ3) is 84600. The molecule has 20 nitrogen and oxygen atoms in total. The van der Waals surface area contributed by atoms with Crippen molar-refractivity contribution in [3.8, 4) is 0 Å². The van der Waals surface area contributed by atoms with Crippen molar-refractivity contribution >= 4 is 0 Å². The average Bonchev–Trinajstić information content (AvgIpc) is 1.79. The van der Waals surface area contributed by atoms with Crippen LogP contribution in [-0.4, -0.2) is 20.9 Å². The molecular weight excluding hydrogens is 618 g/mol. The molecule has 0 aliphatic carbocycles. The molecule has 0 atom stereocenters. The summed E-state index contributed by atoms with van der Waals surface area (Å²) in [7, 11) is 0. The molecule has 0 aliphatic heterocycles. The van der Waals surface area contributed by atoms with Gasteiger partial charge in [0.2, 0.25) is 0 Å². The molecule has 26 heavy (non-hydrogen) atoms. The third-order valence-electron chi connectivity index (χ3n) is 0. The van der Waals surface area contributed by atoms with Crippen molar-refractivity contribution in [1.82, 2.24) is 0 Å². The average molecular weight is 624 g/mol. The van der Waals surface area contributed by atoms with E-state index in [9.17, 15) is 0 Å². The molecule has 0 aromatic heterocycles. The molecule has 0 aliphatic rings. The van der Waals surface area contributed by atoms with E-state index < -0.39 is 64.9 Å². The van der Waals surface area contributed by atoms with Gasteiger partial charge < -0.3 is 1.43 Å². The summed E-state index contributed by atoms with van der Waals surface area (Å²) >= 11 is -26.9. The van der Waals surface area contributed by atoms with E-state index in [2.05, 4.69) is 0 Å². The number of hydrogen-bond acceptors (Lipinski definition) is 15. The van der Waals surface area contributed by atoms with E-state index in [0.717, 1.165) is 0 Å². The van der Waals surface area contributed by atoms with Crippen molar-refractivity contribution in [2.75, 3.05) is 0 Å². The van der Waals surface area contributed by atoms with Crippen LogP contribution in [0.4, 0.5) is 0 Å². The molecule has 0 fully saturated rings. The Labute approximate surface area is 172 Å². The molecule has 5 N–H and O–H groups in total. The van der Waals surface area contributed by atoms with Gasteiger partial charge in [-0.15, -0.1) is 0 Å². The van der Waals surface area contributed by atoms with Gasteiger partial charge in [-0.25, -0.2) is 0 Å². The second-order valence-corrected chi connectivity index (χ2v) is 8.16. The van der Waals surface area contributed by atoms with Crippen LogP contribution in [-0.2, 0) is 122 Å². The van der Waals surface area contributed by atoms with Crippen molar-refractivity contribution in [1.29, 1.82) is 0 Å². The minimum atomic E-state index is -5.38. The number of hydrogen-bond donors (Lipinski definition) is 5. The maximum atomic E-state index is 8.69. The zero-order valence-electron chi connectivity index (χ0n) is 12.2. The first-order chi connectivity index (χ1) is 10.0. The first-order valence-electron chi connectivity index (χ1n) is 3.16. The van der Waals surface area contributed by atoms with E-state index in [0.29, 0.717) is 0 Å². The summed E-state index contributed by atoms with van der Waals surface area (Å²) in [6, 6.07) is 0. The van der Waals surface area contributed by atoms with Crippen LogP contribution in [0.3, 0.4) is 0 Å². The summed E-state index contributed by atoms with van der Waals surface area (Å²) in [5, 5.41) is 0. The van der Waals surface area contributed by atoms with Crippen molar-refractivity contribution < 1.29 is 174 Å². The molecule has 0 bridgehead atoms. The molecule has 0 rings (SSSR count). The van der Waals surface area contributed by atoms with Gasteiger partial charge in [0.1, 0.15) is 0 Å². The molecule has 26 heteroatoms. The Morgan fingerprint density at radius 1 is 0.308 bits per heavy atom. The zero-order chi connectivity index (χ0) is 22.5. The second-order valence-electron chi connectivity index (χ2n) is 1.98. The normalized spacial score (nSPS) is 11.0. The summed E-state index contributed by atoms with van der Waals surface area (Å²) in [6.45, 7) is 0. The van der Waals surface area contributed by atoms with E-state index in [1.807, 2.05) is 0 Å². The molecular formula is H6Mn5NaO20. The predicted octanol–water partition coefficient (Wildman–Crippen LogP) is -7.46. The third-order valence-corrected chi connectivity index (χ3v) is 0. The van der Waals surface area contributed by atoms with Crippen molar-refractivity contribution in [2.24, 2.45) is 0 Å². The van der Waals surface area contributed by atoms with Crippen LogP contribution >= 0.6 is 0 Å². The van der Waals surface area contributed by atoms with E-state index in [1.54, 1.807) is 0 Å². The first kappa shape index (κ1) is 40.9. The Kier molecular flexibility index (Phi) is 25.8. The quantitative estimate of drug-likeness (QED) is 0.156.